The lowest BCUT2D eigenvalue weighted by atomic mass is 10.0. The minimum absolute atomic E-state index is 0.0219. The van der Waals surface area contributed by atoms with E-state index in [1.165, 1.54) is 0 Å². The van der Waals surface area contributed by atoms with Gasteiger partial charge in [0.1, 0.15) is 6.04 Å². The SMILES string of the molecule is CC(C)CN(CC(C)C)C(=O)[C@@H](N)c1ccccc1. The summed E-state index contributed by atoms with van der Waals surface area (Å²) in [5.74, 6) is 0.921. The molecular formula is C16H26N2O. The van der Waals surface area contributed by atoms with Crippen molar-refractivity contribution in [1.82, 2.24) is 4.90 Å². The minimum atomic E-state index is -0.557. The van der Waals surface area contributed by atoms with Gasteiger partial charge >= 0.3 is 0 Å². The normalized spacial score (nSPS) is 12.8. The molecule has 3 nitrogen and oxygen atoms in total. The summed E-state index contributed by atoms with van der Waals surface area (Å²) in [5, 5.41) is 0. The summed E-state index contributed by atoms with van der Waals surface area (Å²) in [5.41, 5.74) is 6.98. The fourth-order valence-corrected chi connectivity index (χ4v) is 2.14. The molecule has 106 valence electrons. The molecule has 1 rings (SSSR count). The van der Waals surface area contributed by atoms with Gasteiger partial charge in [0.2, 0.25) is 5.91 Å². The van der Waals surface area contributed by atoms with Crippen molar-refractivity contribution in [2.24, 2.45) is 17.6 Å². The molecular weight excluding hydrogens is 236 g/mol. The predicted octanol–water partition coefficient (Wildman–Crippen LogP) is 2.83. The summed E-state index contributed by atoms with van der Waals surface area (Å²) in [6.45, 7) is 10.0. The van der Waals surface area contributed by atoms with Crippen LogP contribution in [0.1, 0.15) is 39.3 Å². The van der Waals surface area contributed by atoms with Crippen LogP contribution in [0.2, 0.25) is 0 Å². The molecule has 2 N–H and O–H groups in total. The summed E-state index contributed by atoms with van der Waals surface area (Å²) in [4.78, 5) is 14.4. The molecule has 0 aromatic heterocycles. The molecule has 1 amide bonds. The Morgan fingerprint density at radius 1 is 1.05 bits per heavy atom. The van der Waals surface area contributed by atoms with Crippen molar-refractivity contribution in [2.45, 2.75) is 33.7 Å². The van der Waals surface area contributed by atoms with Gasteiger partial charge in [-0.2, -0.15) is 0 Å². The Hall–Kier alpha value is -1.35. The van der Waals surface area contributed by atoms with Crippen LogP contribution in [0.5, 0.6) is 0 Å². The number of benzene rings is 1. The van der Waals surface area contributed by atoms with E-state index in [0.29, 0.717) is 11.8 Å². The first-order chi connectivity index (χ1) is 8.91. The van der Waals surface area contributed by atoms with Crippen molar-refractivity contribution in [2.75, 3.05) is 13.1 Å². The third-order valence-electron chi connectivity index (χ3n) is 2.91. The molecule has 0 aliphatic carbocycles. The van der Waals surface area contributed by atoms with E-state index in [1.54, 1.807) is 0 Å². The first-order valence-electron chi connectivity index (χ1n) is 7.01. The smallest absolute Gasteiger partial charge is 0.244 e. The number of hydrogen-bond donors (Lipinski definition) is 1. The topological polar surface area (TPSA) is 46.3 Å². The van der Waals surface area contributed by atoms with Crippen molar-refractivity contribution in [3.05, 3.63) is 35.9 Å². The molecule has 3 heteroatoms. The van der Waals surface area contributed by atoms with E-state index in [-0.39, 0.29) is 5.91 Å². The van der Waals surface area contributed by atoms with E-state index in [2.05, 4.69) is 27.7 Å². The second kappa shape index (κ2) is 7.29. The Morgan fingerprint density at radius 3 is 1.95 bits per heavy atom. The fourth-order valence-electron chi connectivity index (χ4n) is 2.14. The Bertz CT molecular complexity index is 377. The van der Waals surface area contributed by atoms with E-state index in [0.717, 1.165) is 18.7 Å². The molecule has 1 aromatic carbocycles. The van der Waals surface area contributed by atoms with Gasteiger partial charge in [-0.05, 0) is 17.4 Å². The first-order valence-corrected chi connectivity index (χ1v) is 7.01. The average molecular weight is 262 g/mol. The van der Waals surface area contributed by atoms with Crippen LogP contribution in [0.15, 0.2) is 30.3 Å². The standard InChI is InChI=1S/C16H26N2O/c1-12(2)10-18(11-13(3)4)16(19)15(17)14-8-6-5-7-9-14/h5-9,12-13,15H,10-11,17H2,1-4H3/t15-/m0/s1. The van der Waals surface area contributed by atoms with Gasteiger partial charge in [0, 0.05) is 13.1 Å². The number of rotatable bonds is 6. The number of carbonyl (C=O) groups is 1. The zero-order chi connectivity index (χ0) is 14.4. The number of nitrogens with two attached hydrogens (primary N) is 1. The van der Waals surface area contributed by atoms with E-state index < -0.39 is 6.04 Å². The zero-order valence-electron chi connectivity index (χ0n) is 12.5. The Labute approximate surface area is 116 Å². The van der Waals surface area contributed by atoms with Gasteiger partial charge in [-0.15, -0.1) is 0 Å². The van der Waals surface area contributed by atoms with Crippen LogP contribution in [0.4, 0.5) is 0 Å². The van der Waals surface area contributed by atoms with Crippen LogP contribution in [0, 0.1) is 11.8 Å². The van der Waals surface area contributed by atoms with Gasteiger partial charge in [-0.25, -0.2) is 0 Å². The molecule has 0 aliphatic heterocycles. The molecule has 0 saturated heterocycles. The summed E-state index contributed by atoms with van der Waals surface area (Å²) in [7, 11) is 0. The van der Waals surface area contributed by atoms with Crippen LogP contribution in [0.3, 0.4) is 0 Å². The summed E-state index contributed by atoms with van der Waals surface area (Å²) in [6, 6.07) is 9.02. The van der Waals surface area contributed by atoms with Crippen molar-refractivity contribution >= 4 is 5.91 Å². The average Bonchev–Trinajstić information content (AvgIpc) is 2.36. The second-order valence-corrected chi connectivity index (χ2v) is 5.92. The molecule has 0 aliphatic rings. The van der Waals surface area contributed by atoms with E-state index in [9.17, 15) is 4.79 Å². The maximum Gasteiger partial charge on any atom is 0.244 e. The third-order valence-corrected chi connectivity index (χ3v) is 2.91. The van der Waals surface area contributed by atoms with Gasteiger partial charge in [0.25, 0.3) is 0 Å². The van der Waals surface area contributed by atoms with Gasteiger partial charge in [-0.3, -0.25) is 4.79 Å². The van der Waals surface area contributed by atoms with Crippen LogP contribution in [0.25, 0.3) is 0 Å². The van der Waals surface area contributed by atoms with E-state index >= 15 is 0 Å². The molecule has 0 unspecified atom stereocenters. The van der Waals surface area contributed by atoms with Gasteiger partial charge < -0.3 is 10.6 Å². The molecule has 0 fully saturated rings. The molecule has 0 heterocycles. The van der Waals surface area contributed by atoms with Gasteiger partial charge in [0.05, 0.1) is 0 Å². The third kappa shape index (κ3) is 5.03. The van der Waals surface area contributed by atoms with Gasteiger partial charge in [0.15, 0.2) is 0 Å². The number of nitrogens with zero attached hydrogens (tertiary/aromatic N) is 1. The van der Waals surface area contributed by atoms with Crippen LogP contribution >= 0.6 is 0 Å². The highest BCUT2D eigenvalue weighted by Crippen LogP contribution is 2.15. The van der Waals surface area contributed by atoms with E-state index in [4.69, 9.17) is 5.73 Å². The van der Waals surface area contributed by atoms with Crippen molar-refractivity contribution < 1.29 is 4.79 Å². The van der Waals surface area contributed by atoms with Gasteiger partial charge in [-0.1, -0.05) is 58.0 Å². The highest BCUT2D eigenvalue weighted by molar-refractivity contribution is 5.83. The van der Waals surface area contributed by atoms with Crippen molar-refractivity contribution in [3.8, 4) is 0 Å². The molecule has 0 bridgehead atoms. The van der Waals surface area contributed by atoms with Crippen molar-refractivity contribution in [1.29, 1.82) is 0 Å². The number of amides is 1. The van der Waals surface area contributed by atoms with Crippen LogP contribution in [-0.2, 0) is 4.79 Å². The molecule has 0 radical (unpaired) electrons. The van der Waals surface area contributed by atoms with Crippen molar-refractivity contribution in [3.63, 3.8) is 0 Å². The lowest BCUT2D eigenvalue weighted by Gasteiger charge is -2.29. The van der Waals surface area contributed by atoms with Crippen LogP contribution in [-0.4, -0.2) is 23.9 Å². The monoisotopic (exact) mass is 262 g/mol. The maximum absolute atomic E-state index is 12.5. The lowest BCUT2D eigenvalue weighted by molar-refractivity contribution is -0.133. The maximum atomic E-state index is 12.5. The largest absolute Gasteiger partial charge is 0.341 e. The minimum Gasteiger partial charge on any atom is -0.341 e. The predicted molar refractivity (Wildman–Crippen MR) is 79.6 cm³/mol. The molecule has 1 aromatic rings. The fraction of sp³-hybridized carbons (Fsp3) is 0.562. The highest BCUT2D eigenvalue weighted by atomic mass is 16.2. The Balaban J connectivity index is 2.80. The summed E-state index contributed by atoms with van der Waals surface area (Å²) >= 11 is 0. The summed E-state index contributed by atoms with van der Waals surface area (Å²) in [6.07, 6.45) is 0. The quantitative estimate of drug-likeness (QED) is 0.857. The zero-order valence-corrected chi connectivity index (χ0v) is 12.5. The molecule has 0 saturated carbocycles. The molecule has 1 atom stereocenters. The number of carbonyl (C=O) groups excluding carboxylic acids is 1. The second-order valence-electron chi connectivity index (χ2n) is 5.92. The number of hydrogen-bond acceptors (Lipinski definition) is 2. The lowest BCUT2D eigenvalue weighted by Crippen LogP contribution is -2.42. The molecule has 19 heavy (non-hydrogen) atoms. The summed E-state index contributed by atoms with van der Waals surface area (Å²) < 4.78 is 0. The van der Waals surface area contributed by atoms with Crippen LogP contribution < -0.4 is 5.73 Å². The molecule has 0 spiro atoms. The first kappa shape index (κ1) is 15.7. The Kier molecular flexibility index (Phi) is 6.03. The van der Waals surface area contributed by atoms with E-state index in [1.807, 2.05) is 35.2 Å². The Morgan fingerprint density at radius 2 is 1.53 bits per heavy atom. The highest BCUT2D eigenvalue weighted by Gasteiger charge is 2.23.